The zero-order chi connectivity index (χ0) is 22.5. The van der Waals surface area contributed by atoms with Gasteiger partial charge in [0.25, 0.3) is 5.91 Å². The maximum absolute atomic E-state index is 12.5. The van der Waals surface area contributed by atoms with Crippen molar-refractivity contribution in [3.63, 3.8) is 0 Å². The first-order valence-corrected chi connectivity index (χ1v) is 11.2. The average molecular weight is 432 g/mol. The molecule has 8 heteroatoms. The predicted octanol–water partition coefficient (Wildman–Crippen LogP) is 2.96. The smallest absolute Gasteiger partial charge is 0.251 e. The lowest BCUT2D eigenvalue weighted by molar-refractivity contribution is -0.116. The van der Waals surface area contributed by atoms with Gasteiger partial charge in [0.1, 0.15) is 0 Å². The van der Waals surface area contributed by atoms with Crippen LogP contribution in [0.2, 0.25) is 0 Å². The average Bonchev–Trinajstić information content (AvgIpc) is 2.68. The van der Waals surface area contributed by atoms with Crippen molar-refractivity contribution in [2.24, 2.45) is 0 Å². The SMILES string of the molecule is CNC(=O)c1cccc(NC(=O)CCNS(=O)(=O)c2ccc(C(C)(C)C)cc2)c1C. The maximum Gasteiger partial charge on any atom is 0.251 e. The lowest BCUT2D eigenvalue weighted by atomic mass is 9.87. The summed E-state index contributed by atoms with van der Waals surface area (Å²) in [5, 5.41) is 5.28. The Morgan fingerprint density at radius 2 is 1.63 bits per heavy atom. The second kappa shape index (κ2) is 9.40. The third-order valence-corrected chi connectivity index (χ3v) is 6.23. The van der Waals surface area contributed by atoms with E-state index in [2.05, 4.69) is 36.1 Å². The van der Waals surface area contributed by atoms with E-state index in [0.29, 0.717) is 16.8 Å². The molecule has 3 N–H and O–H groups in total. The zero-order valence-corrected chi connectivity index (χ0v) is 18.8. The number of hydrogen-bond donors (Lipinski definition) is 3. The van der Waals surface area contributed by atoms with Gasteiger partial charge in [-0.15, -0.1) is 0 Å². The molecule has 2 aromatic rings. The number of amides is 2. The molecule has 0 aromatic heterocycles. The van der Waals surface area contributed by atoms with Gasteiger partial charge in [-0.2, -0.15) is 0 Å². The Labute approximate surface area is 178 Å². The van der Waals surface area contributed by atoms with E-state index >= 15 is 0 Å². The van der Waals surface area contributed by atoms with E-state index in [9.17, 15) is 18.0 Å². The van der Waals surface area contributed by atoms with E-state index in [-0.39, 0.29) is 35.1 Å². The second-order valence-electron chi connectivity index (χ2n) is 8.03. The molecule has 0 fully saturated rings. The highest BCUT2D eigenvalue weighted by atomic mass is 32.2. The highest BCUT2D eigenvalue weighted by Gasteiger charge is 2.18. The molecule has 0 aliphatic heterocycles. The Balaban J connectivity index is 1.96. The molecule has 0 bridgehead atoms. The Hall–Kier alpha value is -2.71. The summed E-state index contributed by atoms with van der Waals surface area (Å²) >= 11 is 0. The summed E-state index contributed by atoms with van der Waals surface area (Å²) in [6, 6.07) is 11.8. The minimum atomic E-state index is -3.70. The van der Waals surface area contributed by atoms with Gasteiger partial charge in [0.15, 0.2) is 0 Å². The molecule has 0 saturated heterocycles. The third kappa shape index (κ3) is 5.90. The van der Waals surface area contributed by atoms with Crippen molar-refractivity contribution in [2.75, 3.05) is 18.9 Å². The van der Waals surface area contributed by atoms with Crippen LogP contribution in [0.3, 0.4) is 0 Å². The molecule has 7 nitrogen and oxygen atoms in total. The standard InChI is InChI=1S/C22H29N3O4S/c1-15-18(21(27)23-5)7-6-8-19(15)25-20(26)13-14-24-30(28,29)17-11-9-16(10-12-17)22(2,3)4/h6-12,24H,13-14H2,1-5H3,(H,23,27)(H,25,26). The lowest BCUT2D eigenvalue weighted by Crippen LogP contribution is -2.28. The molecule has 30 heavy (non-hydrogen) atoms. The van der Waals surface area contributed by atoms with E-state index < -0.39 is 10.0 Å². The second-order valence-corrected chi connectivity index (χ2v) is 9.79. The number of rotatable bonds is 7. The van der Waals surface area contributed by atoms with E-state index in [1.807, 2.05) is 0 Å². The summed E-state index contributed by atoms with van der Waals surface area (Å²) in [5.74, 6) is -0.591. The van der Waals surface area contributed by atoms with Crippen LogP contribution in [0.15, 0.2) is 47.4 Å². The summed E-state index contributed by atoms with van der Waals surface area (Å²) in [7, 11) is -2.17. The van der Waals surface area contributed by atoms with Crippen molar-refractivity contribution in [2.45, 2.75) is 44.4 Å². The van der Waals surface area contributed by atoms with Crippen LogP contribution in [0.25, 0.3) is 0 Å². The fourth-order valence-electron chi connectivity index (χ4n) is 2.88. The van der Waals surface area contributed by atoms with Gasteiger partial charge in [0.2, 0.25) is 15.9 Å². The van der Waals surface area contributed by atoms with E-state index in [1.54, 1.807) is 49.4 Å². The van der Waals surface area contributed by atoms with Crippen LogP contribution < -0.4 is 15.4 Å². The summed E-state index contributed by atoms with van der Waals surface area (Å²) < 4.78 is 27.4. The van der Waals surface area contributed by atoms with Crippen LogP contribution in [0, 0.1) is 6.92 Å². The molecule has 2 rings (SSSR count). The number of anilines is 1. The molecule has 0 saturated carbocycles. The van der Waals surface area contributed by atoms with E-state index in [0.717, 1.165) is 5.56 Å². The Bertz CT molecular complexity index is 1020. The molecule has 162 valence electrons. The Morgan fingerprint density at radius 1 is 1.00 bits per heavy atom. The third-order valence-electron chi connectivity index (χ3n) is 4.75. The predicted molar refractivity (Wildman–Crippen MR) is 118 cm³/mol. The summed E-state index contributed by atoms with van der Waals surface area (Å²) in [4.78, 5) is 24.3. The first kappa shape index (κ1) is 23.6. The Morgan fingerprint density at radius 3 is 2.20 bits per heavy atom. The van der Waals surface area contributed by atoms with Gasteiger partial charge in [-0.1, -0.05) is 39.0 Å². The molecular formula is C22H29N3O4S. The van der Waals surface area contributed by atoms with Crippen molar-refractivity contribution < 1.29 is 18.0 Å². The molecule has 0 heterocycles. The highest BCUT2D eigenvalue weighted by Crippen LogP contribution is 2.23. The van der Waals surface area contributed by atoms with Crippen LogP contribution in [-0.2, 0) is 20.2 Å². The van der Waals surface area contributed by atoms with Gasteiger partial charge in [0, 0.05) is 31.3 Å². The summed E-state index contributed by atoms with van der Waals surface area (Å²) in [6.45, 7) is 7.87. The topological polar surface area (TPSA) is 104 Å². The zero-order valence-electron chi connectivity index (χ0n) is 18.0. The van der Waals surface area contributed by atoms with Crippen molar-refractivity contribution in [3.05, 3.63) is 59.2 Å². The summed E-state index contributed by atoms with van der Waals surface area (Å²) in [6.07, 6.45) is -0.0387. The minimum Gasteiger partial charge on any atom is -0.355 e. The van der Waals surface area contributed by atoms with Crippen LogP contribution in [0.4, 0.5) is 5.69 Å². The van der Waals surface area contributed by atoms with E-state index in [4.69, 9.17) is 0 Å². The quantitative estimate of drug-likeness (QED) is 0.627. The molecular weight excluding hydrogens is 402 g/mol. The number of carbonyl (C=O) groups excluding carboxylic acids is 2. The fourth-order valence-corrected chi connectivity index (χ4v) is 3.91. The monoisotopic (exact) mass is 431 g/mol. The van der Waals surface area contributed by atoms with Crippen molar-refractivity contribution in [1.29, 1.82) is 0 Å². The van der Waals surface area contributed by atoms with Crippen LogP contribution in [0.1, 0.15) is 48.7 Å². The first-order valence-electron chi connectivity index (χ1n) is 9.67. The van der Waals surface area contributed by atoms with Gasteiger partial charge in [-0.25, -0.2) is 13.1 Å². The van der Waals surface area contributed by atoms with E-state index in [1.165, 1.54) is 7.05 Å². The molecule has 2 amide bonds. The molecule has 0 radical (unpaired) electrons. The molecule has 0 atom stereocenters. The number of nitrogens with one attached hydrogen (secondary N) is 3. The lowest BCUT2D eigenvalue weighted by Gasteiger charge is -2.19. The first-order chi connectivity index (χ1) is 14.0. The molecule has 0 spiro atoms. The molecule has 0 aliphatic rings. The van der Waals surface area contributed by atoms with Gasteiger partial charge in [0.05, 0.1) is 4.90 Å². The van der Waals surface area contributed by atoms with Gasteiger partial charge < -0.3 is 10.6 Å². The molecule has 0 unspecified atom stereocenters. The van der Waals surface area contributed by atoms with Gasteiger partial charge >= 0.3 is 0 Å². The van der Waals surface area contributed by atoms with Gasteiger partial charge in [-0.3, -0.25) is 9.59 Å². The van der Waals surface area contributed by atoms with Gasteiger partial charge in [-0.05, 0) is 47.7 Å². The van der Waals surface area contributed by atoms with Crippen molar-refractivity contribution >= 4 is 27.5 Å². The number of sulfonamides is 1. The number of hydrogen-bond acceptors (Lipinski definition) is 4. The van der Waals surface area contributed by atoms with Crippen LogP contribution in [0.5, 0.6) is 0 Å². The highest BCUT2D eigenvalue weighted by molar-refractivity contribution is 7.89. The minimum absolute atomic E-state index is 0.0383. The molecule has 0 aliphatic carbocycles. The maximum atomic E-state index is 12.5. The van der Waals surface area contributed by atoms with Crippen LogP contribution >= 0.6 is 0 Å². The normalized spacial score (nSPS) is 11.8. The fraction of sp³-hybridized carbons (Fsp3) is 0.364. The summed E-state index contributed by atoms with van der Waals surface area (Å²) in [5.41, 5.74) is 2.59. The number of benzene rings is 2. The van der Waals surface area contributed by atoms with Crippen molar-refractivity contribution in [1.82, 2.24) is 10.0 Å². The Kier molecular flexibility index (Phi) is 7.39. The largest absolute Gasteiger partial charge is 0.355 e. The van der Waals surface area contributed by atoms with Crippen molar-refractivity contribution in [3.8, 4) is 0 Å². The molecule has 2 aromatic carbocycles. The number of carbonyl (C=O) groups is 2. The van der Waals surface area contributed by atoms with Crippen LogP contribution in [-0.4, -0.2) is 33.8 Å².